The number of carbonyl (C=O) groups is 2. The predicted molar refractivity (Wildman–Crippen MR) is 78.6 cm³/mol. The summed E-state index contributed by atoms with van der Waals surface area (Å²) in [7, 11) is 0. The maximum Gasteiger partial charge on any atom is 0.288 e. The van der Waals surface area contributed by atoms with Crippen LogP contribution in [0.25, 0.3) is 0 Å². The average Bonchev–Trinajstić information content (AvgIpc) is 2.98. The molecule has 1 atom stereocenters. The van der Waals surface area contributed by atoms with Crippen molar-refractivity contribution in [1.29, 1.82) is 0 Å². The van der Waals surface area contributed by atoms with E-state index in [9.17, 15) is 9.59 Å². The minimum Gasteiger partial charge on any atom is -0.289 e. The van der Waals surface area contributed by atoms with Crippen molar-refractivity contribution in [2.45, 2.75) is 13.0 Å². The van der Waals surface area contributed by atoms with Crippen LogP contribution in [0, 0.1) is 0 Å². The Kier molecular flexibility index (Phi) is 4.71. The molecule has 0 saturated heterocycles. The van der Waals surface area contributed by atoms with Gasteiger partial charge in [0.2, 0.25) is 0 Å². The summed E-state index contributed by atoms with van der Waals surface area (Å²) < 4.78 is 1.26. The zero-order chi connectivity index (χ0) is 16.3. The molecular weight excluding hydrogens is 310 g/mol. The smallest absolute Gasteiger partial charge is 0.288 e. The van der Waals surface area contributed by atoms with Crippen LogP contribution >= 0.6 is 11.6 Å². The first-order valence-corrected chi connectivity index (χ1v) is 6.60. The molecule has 0 aliphatic heterocycles. The summed E-state index contributed by atoms with van der Waals surface area (Å²) in [5.74, 6) is 8.76. The standard InChI is InChI=1S/C12H14ClN7O2/c1-6(7-4-2-3-5-8(7)13)20-10(12(22)17-15)9(18-19-20)11(21)16-14/h2-6H,14-15H2,1H3,(H,16,21)(H,17,22)/t6-/m1/s1. The van der Waals surface area contributed by atoms with E-state index in [4.69, 9.17) is 23.3 Å². The van der Waals surface area contributed by atoms with E-state index in [0.717, 1.165) is 0 Å². The van der Waals surface area contributed by atoms with E-state index in [1.165, 1.54) is 4.68 Å². The van der Waals surface area contributed by atoms with Gasteiger partial charge in [0.25, 0.3) is 11.8 Å². The molecule has 2 rings (SSSR count). The minimum absolute atomic E-state index is 0.113. The summed E-state index contributed by atoms with van der Waals surface area (Å²) in [6.07, 6.45) is 0. The van der Waals surface area contributed by atoms with Gasteiger partial charge in [-0.05, 0) is 18.6 Å². The van der Waals surface area contributed by atoms with Crippen LogP contribution in [0.3, 0.4) is 0 Å². The van der Waals surface area contributed by atoms with E-state index in [-0.39, 0.29) is 11.4 Å². The highest BCUT2D eigenvalue weighted by Gasteiger charge is 2.28. The van der Waals surface area contributed by atoms with E-state index in [2.05, 4.69) is 10.3 Å². The lowest BCUT2D eigenvalue weighted by atomic mass is 10.1. The summed E-state index contributed by atoms with van der Waals surface area (Å²) in [5.41, 5.74) is 4.22. The number of nitrogens with two attached hydrogens (primary N) is 2. The second kappa shape index (κ2) is 6.52. The number of aromatic nitrogens is 3. The van der Waals surface area contributed by atoms with Crippen LogP contribution < -0.4 is 22.5 Å². The molecule has 0 aliphatic carbocycles. The number of hydrazine groups is 2. The Bertz CT molecular complexity index is 715. The second-order valence-corrected chi connectivity index (χ2v) is 4.78. The molecule has 9 nitrogen and oxygen atoms in total. The van der Waals surface area contributed by atoms with E-state index in [0.29, 0.717) is 10.6 Å². The van der Waals surface area contributed by atoms with Gasteiger partial charge in [0.1, 0.15) is 0 Å². The van der Waals surface area contributed by atoms with Gasteiger partial charge in [-0.3, -0.25) is 20.4 Å². The normalized spacial score (nSPS) is 11.8. The maximum absolute atomic E-state index is 12.0. The van der Waals surface area contributed by atoms with Crippen LogP contribution in [-0.4, -0.2) is 26.8 Å². The Morgan fingerprint density at radius 1 is 1.23 bits per heavy atom. The molecule has 1 aromatic carbocycles. The van der Waals surface area contributed by atoms with Gasteiger partial charge in [-0.15, -0.1) is 5.10 Å². The minimum atomic E-state index is -0.754. The lowest BCUT2D eigenvalue weighted by molar-refractivity contribution is 0.0910. The molecule has 0 fully saturated rings. The SMILES string of the molecule is C[C@H](c1ccccc1Cl)n1nnc(C(=O)NN)c1C(=O)NN. The fourth-order valence-electron chi connectivity index (χ4n) is 2.01. The van der Waals surface area contributed by atoms with Gasteiger partial charge < -0.3 is 0 Å². The van der Waals surface area contributed by atoms with Crippen molar-refractivity contribution in [2.75, 3.05) is 0 Å². The quantitative estimate of drug-likeness (QED) is 0.347. The molecule has 0 radical (unpaired) electrons. The largest absolute Gasteiger partial charge is 0.289 e. The number of nitrogen functional groups attached to an aromatic ring is 2. The highest BCUT2D eigenvalue weighted by Crippen LogP contribution is 2.26. The van der Waals surface area contributed by atoms with Crippen LogP contribution in [-0.2, 0) is 0 Å². The van der Waals surface area contributed by atoms with Crippen molar-refractivity contribution in [3.8, 4) is 0 Å². The third-order valence-electron chi connectivity index (χ3n) is 3.11. The third-order valence-corrected chi connectivity index (χ3v) is 3.45. The molecule has 116 valence electrons. The average molecular weight is 324 g/mol. The zero-order valence-corrected chi connectivity index (χ0v) is 12.3. The second-order valence-electron chi connectivity index (χ2n) is 4.38. The molecule has 0 aliphatic rings. The predicted octanol–water partition coefficient (Wildman–Crippen LogP) is -0.252. The molecule has 10 heteroatoms. The van der Waals surface area contributed by atoms with Crippen molar-refractivity contribution in [3.05, 3.63) is 46.2 Å². The van der Waals surface area contributed by atoms with E-state index >= 15 is 0 Å². The van der Waals surface area contributed by atoms with E-state index in [1.54, 1.807) is 31.2 Å². The van der Waals surface area contributed by atoms with Crippen LogP contribution in [0.1, 0.15) is 39.5 Å². The summed E-state index contributed by atoms with van der Waals surface area (Å²) in [4.78, 5) is 23.7. The molecule has 2 amide bonds. The number of carbonyl (C=O) groups excluding carboxylic acids is 2. The van der Waals surface area contributed by atoms with Crippen molar-refractivity contribution in [2.24, 2.45) is 11.7 Å². The fourth-order valence-corrected chi connectivity index (χ4v) is 2.31. The van der Waals surface area contributed by atoms with E-state index in [1.807, 2.05) is 10.9 Å². The number of hydrogen-bond donors (Lipinski definition) is 4. The molecule has 0 bridgehead atoms. The van der Waals surface area contributed by atoms with Gasteiger partial charge in [0.15, 0.2) is 11.4 Å². The summed E-state index contributed by atoms with van der Waals surface area (Å²) in [5, 5.41) is 8.04. The number of benzene rings is 1. The molecule has 1 heterocycles. The Hall–Kier alpha value is -2.49. The molecule has 0 saturated carbocycles. The number of rotatable bonds is 4. The molecule has 1 aromatic heterocycles. The molecule has 2 aromatic rings. The molecule has 0 unspecified atom stereocenters. The number of amides is 2. The monoisotopic (exact) mass is 323 g/mol. The first-order chi connectivity index (χ1) is 10.5. The Morgan fingerprint density at radius 2 is 1.86 bits per heavy atom. The van der Waals surface area contributed by atoms with Gasteiger partial charge >= 0.3 is 0 Å². The van der Waals surface area contributed by atoms with Gasteiger partial charge in [-0.1, -0.05) is 35.0 Å². The van der Waals surface area contributed by atoms with Crippen LogP contribution in [0.15, 0.2) is 24.3 Å². The van der Waals surface area contributed by atoms with Crippen molar-refractivity contribution >= 4 is 23.4 Å². The van der Waals surface area contributed by atoms with Crippen LogP contribution in [0.4, 0.5) is 0 Å². The lowest BCUT2D eigenvalue weighted by Gasteiger charge is -2.16. The first-order valence-electron chi connectivity index (χ1n) is 6.22. The Morgan fingerprint density at radius 3 is 2.45 bits per heavy atom. The van der Waals surface area contributed by atoms with E-state index < -0.39 is 17.9 Å². The number of nitrogens with zero attached hydrogens (tertiary/aromatic N) is 3. The van der Waals surface area contributed by atoms with Crippen LogP contribution in [0.2, 0.25) is 5.02 Å². The maximum atomic E-state index is 12.0. The topological polar surface area (TPSA) is 141 Å². The van der Waals surface area contributed by atoms with Gasteiger partial charge in [0, 0.05) is 5.02 Å². The van der Waals surface area contributed by atoms with Crippen LogP contribution in [0.5, 0.6) is 0 Å². The number of hydrogen-bond acceptors (Lipinski definition) is 6. The molecule has 22 heavy (non-hydrogen) atoms. The Balaban J connectivity index is 2.56. The van der Waals surface area contributed by atoms with Gasteiger partial charge in [0.05, 0.1) is 6.04 Å². The Labute approximate surface area is 130 Å². The van der Waals surface area contributed by atoms with Crippen molar-refractivity contribution in [1.82, 2.24) is 25.8 Å². The molecular formula is C12H14ClN7O2. The van der Waals surface area contributed by atoms with Crippen molar-refractivity contribution < 1.29 is 9.59 Å². The first kappa shape index (κ1) is 15.9. The summed E-state index contributed by atoms with van der Waals surface area (Å²) >= 11 is 6.15. The zero-order valence-electron chi connectivity index (χ0n) is 11.6. The molecule has 6 N–H and O–H groups in total. The van der Waals surface area contributed by atoms with Crippen molar-refractivity contribution in [3.63, 3.8) is 0 Å². The summed E-state index contributed by atoms with van der Waals surface area (Å²) in [6, 6.07) is 6.61. The lowest BCUT2D eigenvalue weighted by Crippen LogP contribution is -2.36. The highest BCUT2D eigenvalue weighted by atomic mass is 35.5. The van der Waals surface area contributed by atoms with Gasteiger partial charge in [-0.2, -0.15) is 0 Å². The number of nitrogens with one attached hydrogen (secondary N) is 2. The number of halogens is 1. The highest BCUT2D eigenvalue weighted by molar-refractivity contribution is 6.31. The fraction of sp³-hybridized carbons (Fsp3) is 0.167. The summed E-state index contributed by atoms with van der Waals surface area (Å²) in [6.45, 7) is 1.76. The third kappa shape index (κ3) is 2.77. The molecule has 0 spiro atoms. The van der Waals surface area contributed by atoms with Gasteiger partial charge in [-0.25, -0.2) is 16.4 Å².